The molecule has 26 heavy (non-hydrogen) atoms. The molecule has 2 aromatic rings. The van der Waals surface area contributed by atoms with Crippen molar-refractivity contribution in [3.8, 4) is 5.88 Å². The molecule has 10 heteroatoms. The lowest BCUT2D eigenvalue weighted by Crippen LogP contribution is -2.17. The molecule has 0 bridgehead atoms. The molecule has 0 saturated carbocycles. The number of pyridine rings is 1. The highest BCUT2D eigenvalue weighted by molar-refractivity contribution is 6.02. The standard InChI is InChI=1S/C16H19FN6O3/c1-9(3-4-26-16(18)19)11-5-10(6-22-14(11)17)23-15(24)12-7-21-13(25-2)8-20-12/h5-9H,3-4H2,1-2H3,(H3,18,19)(H,23,24)/t9-/m1/s1. The van der Waals surface area contributed by atoms with E-state index in [9.17, 15) is 9.18 Å². The molecule has 0 unspecified atom stereocenters. The second kappa shape index (κ2) is 8.70. The molecule has 0 aromatic carbocycles. The number of carbonyl (C=O) groups is 1. The Morgan fingerprint density at radius 3 is 2.73 bits per heavy atom. The Kier molecular flexibility index (Phi) is 6.36. The van der Waals surface area contributed by atoms with Crippen LogP contribution in [0, 0.1) is 11.4 Å². The molecule has 0 aliphatic heterocycles. The van der Waals surface area contributed by atoms with Gasteiger partial charge in [-0.15, -0.1) is 0 Å². The van der Waals surface area contributed by atoms with Crippen LogP contribution in [0.15, 0.2) is 24.7 Å². The molecular formula is C16H19FN6O3. The lowest BCUT2D eigenvalue weighted by atomic mass is 9.99. The van der Waals surface area contributed by atoms with Gasteiger partial charge in [0.15, 0.2) is 0 Å². The van der Waals surface area contributed by atoms with E-state index in [-0.39, 0.29) is 24.1 Å². The quantitative estimate of drug-likeness (QED) is 0.387. The van der Waals surface area contributed by atoms with Crippen molar-refractivity contribution >= 4 is 17.6 Å². The monoisotopic (exact) mass is 362 g/mol. The number of nitrogens with zero attached hydrogens (tertiary/aromatic N) is 3. The van der Waals surface area contributed by atoms with Crippen molar-refractivity contribution in [2.45, 2.75) is 19.3 Å². The number of aromatic nitrogens is 3. The van der Waals surface area contributed by atoms with Crippen LogP contribution >= 0.6 is 0 Å². The number of rotatable bonds is 7. The summed E-state index contributed by atoms with van der Waals surface area (Å²) in [5, 5.41) is 9.60. The van der Waals surface area contributed by atoms with Crippen LogP contribution in [0.1, 0.15) is 35.3 Å². The Bertz CT molecular complexity index is 784. The number of amides is 1. The Labute approximate surface area is 149 Å². The minimum absolute atomic E-state index is 0.0829. The number of hydrogen-bond donors (Lipinski definition) is 3. The van der Waals surface area contributed by atoms with Gasteiger partial charge >= 0.3 is 0 Å². The summed E-state index contributed by atoms with van der Waals surface area (Å²) in [7, 11) is 1.44. The zero-order valence-electron chi connectivity index (χ0n) is 14.3. The summed E-state index contributed by atoms with van der Waals surface area (Å²) in [6, 6.07) is 1.10. The second-order valence-electron chi connectivity index (χ2n) is 5.40. The van der Waals surface area contributed by atoms with Crippen LogP contribution in [-0.2, 0) is 4.74 Å². The van der Waals surface area contributed by atoms with Crippen LogP contribution in [0.25, 0.3) is 0 Å². The van der Waals surface area contributed by atoms with Crippen molar-refractivity contribution < 1.29 is 18.7 Å². The molecule has 0 aliphatic carbocycles. The largest absolute Gasteiger partial charge is 0.480 e. The van der Waals surface area contributed by atoms with Crippen LogP contribution in [-0.4, -0.2) is 40.6 Å². The molecule has 0 radical (unpaired) electrons. The van der Waals surface area contributed by atoms with E-state index in [1.807, 2.05) is 0 Å². The van der Waals surface area contributed by atoms with Gasteiger partial charge in [-0.2, -0.15) is 4.39 Å². The maximum Gasteiger partial charge on any atom is 0.278 e. The molecule has 138 valence electrons. The molecule has 1 amide bonds. The number of carbonyl (C=O) groups excluding carboxylic acids is 1. The molecule has 0 fully saturated rings. The predicted octanol–water partition coefficient (Wildman–Crippen LogP) is 1.68. The first-order chi connectivity index (χ1) is 12.4. The van der Waals surface area contributed by atoms with Gasteiger partial charge in [-0.1, -0.05) is 6.92 Å². The minimum atomic E-state index is -0.637. The first-order valence-corrected chi connectivity index (χ1v) is 7.70. The van der Waals surface area contributed by atoms with Crippen LogP contribution in [0.2, 0.25) is 0 Å². The van der Waals surface area contributed by atoms with Crippen molar-refractivity contribution in [1.29, 1.82) is 5.41 Å². The summed E-state index contributed by atoms with van der Waals surface area (Å²) < 4.78 is 23.7. The maximum absolute atomic E-state index is 14.0. The van der Waals surface area contributed by atoms with Gasteiger partial charge in [0, 0.05) is 5.56 Å². The van der Waals surface area contributed by atoms with Gasteiger partial charge in [0.2, 0.25) is 11.8 Å². The summed E-state index contributed by atoms with van der Waals surface area (Å²) >= 11 is 0. The zero-order valence-corrected chi connectivity index (χ0v) is 14.3. The Balaban J connectivity index is 2.07. The number of nitrogens with one attached hydrogen (secondary N) is 2. The smallest absolute Gasteiger partial charge is 0.278 e. The Morgan fingerprint density at radius 2 is 2.12 bits per heavy atom. The van der Waals surface area contributed by atoms with Crippen molar-refractivity contribution in [3.63, 3.8) is 0 Å². The zero-order chi connectivity index (χ0) is 19.1. The summed E-state index contributed by atoms with van der Waals surface area (Å²) in [4.78, 5) is 23.7. The first-order valence-electron chi connectivity index (χ1n) is 7.70. The lowest BCUT2D eigenvalue weighted by molar-refractivity contribution is 0.102. The average molecular weight is 362 g/mol. The van der Waals surface area contributed by atoms with Crippen LogP contribution in [0.3, 0.4) is 0 Å². The molecular weight excluding hydrogens is 343 g/mol. The summed E-state index contributed by atoms with van der Waals surface area (Å²) in [5.74, 6) is -1.11. The number of nitrogens with two attached hydrogens (primary N) is 1. The van der Waals surface area contributed by atoms with Crippen LogP contribution in [0.5, 0.6) is 5.88 Å². The van der Waals surface area contributed by atoms with Crippen molar-refractivity contribution in [2.75, 3.05) is 19.0 Å². The van der Waals surface area contributed by atoms with Gasteiger partial charge in [0.1, 0.15) is 5.69 Å². The SMILES string of the molecule is COc1cnc(C(=O)Nc2cnc(F)c([C@H](C)CCOC(=N)N)c2)cn1. The third kappa shape index (κ3) is 5.10. The summed E-state index contributed by atoms with van der Waals surface area (Å²) in [6.07, 6.45) is 4.24. The predicted molar refractivity (Wildman–Crippen MR) is 91.6 cm³/mol. The van der Waals surface area contributed by atoms with Crippen molar-refractivity contribution in [1.82, 2.24) is 15.0 Å². The van der Waals surface area contributed by atoms with E-state index in [0.717, 1.165) is 0 Å². The van der Waals surface area contributed by atoms with Gasteiger partial charge in [-0.25, -0.2) is 15.0 Å². The molecule has 9 nitrogen and oxygen atoms in total. The third-order valence-electron chi connectivity index (χ3n) is 3.53. The van der Waals surface area contributed by atoms with Crippen molar-refractivity contribution in [2.24, 2.45) is 5.73 Å². The fourth-order valence-electron chi connectivity index (χ4n) is 2.11. The molecule has 0 spiro atoms. The molecule has 2 aromatic heterocycles. The minimum Gasteiger partial charge on any atom is -0.480 e. The van der Waals surface area contributed by atoms with Crippen LogP contribution < -0.4 is 15.8 Å². The topological polar surface area (TPSA) is 136 Å². The van der Waals surface area contributed by atoms with Gasteiger partial charge in [-0.05, 0) is 18.4 Å². The summed E-state index contributed by atoms with van der Waals surface area (Å²) in [6.45, 7) is 1.96. The number of halogens is 1. The van der Waals surface area contributed by atoms with Crippen molar-refractivity contribution in [3.05, 3.63) is 41.9 Å². The molecule has 2 rings (SSSR count). The molecule has 2 heterocycles. The highest BCUT2D eigenvalue weighted by Crippen LogP contribution is 2.24. The number of methoxy groups -OCH3 is 1. The van der Waals surface area contributed by atoms with E-state index >= 15 is 0 Å². The maximum atomic E-state index is 14.0. The number of hydrogen-bond acceptors (Lipinski definition) is 7. The summed E-state index contributed by atoms with van der Waals surface area (Å²) in [5.41, 5.74) is 5.83. The highest BCUT2D eigenvalue weighted by atomic mass is 19.1. The van der Waals surface area contributed by atoms with E-state index in [2.05, 4.69) is 20.3 Å². The third-order valence-corrected chi connectivity index (χ3v) is 3.53. The molecule has 0 aliphatic rings. The second-order valence-corrected chi connectivity index (χ2v) is 5.40. The van der Waals surface area contributed by atoms with Crippen LogP contribution in [0.4, 0.5) is 10.1 Å². The first kappa shape index (κ1) is 19.0. The van der Waals surface area contributed by atoms with Gasteiger partial charge in [0.25, 0.3) is 11.9 Å². The van der Waals surface area contributed by atoms with Gasteiger partial charge in [0.05, 0.1) is 38.0 Å². The Hall–Kier alpha value is -3.30. The normalized spacial score (nSPS) is 11.5. The average Bonchev–Trinajstić information content (AvgIpc) is 2.62. The number of ether oxygens (including phenoxy) is 2. The van der Waals surface area contributed by atoms with Gasteiger partial charge < -0.3 is 20.5 Å². The van der Waals surface area contributed by atoms with Gasteiger partial charge in [-0.3, -0.25) is 10.2 Å². The highest BCUT2D eigenvalue weighted by Gasteiger charge is 2.15. The Morgan fingerprint density at radius 1 is 1.35 bits per heavy atom. The lowest BCUT2D eigenvalue weighted by Gasteiger charge is -2.14. The molecule has 0 saturated heterocycles. The number of amidine groups is 1. The van der Waals surface area contributed by atoms with E-state index in [4.69, 9.17) is 20.6 Å². The number of anilines is 1. The fourth-order valence-corrected chi connectivity index (χ4v) is 2.11. The van der Waals surface area contributed by atoms with E-state index in [1.54, 1.807) is 6.92 Å². The van der Waals surface area contributed by atoms with E-state index in [1.165, 1.54) is 31.8 Å². The van der Waals surface area contributed by atoms with E-state index in [0.29, 0.717) is 17.7 Å². The van der Waals surface area contributed by atoms with E-state index < -0.39 is 17.9 Å². The fraction of sp³-hybridized carbons (Fsp3) is 0.312. The molecule has 4 N–H and O–H groups in total. The molecule has 1 atom stereocenters.